The zero-order chi connectivity index (χ0) is 15.6. The van der Waals surface area contributed by atoms with Crippen LogP contribution in [0.1, 0.15) is 23.1 Å². The first-order chi connectivity index (χ1) is 11.3. The van der Waals surface area contributed by atoms with E-state index in [1.807, 2.05) is 36.4 Å². The van der Waals surface area contributed by atoms with Crippen molar-refractivity contribution in [2.24, 2.45) is 0 Å². The second-order valence-electron chi connectivity index (χ2n) is 5.77. The highest BCUT2D eigenvalue weighted by Gasteiger charge is 2.16. The number of benzene rings is 3. The van der Waals surface area contributed by atoms with Crippen LogP contribution in [-0.4, -0.2) is 5.71 Å². The topological polar surface area (TPSA) is 23.9 Å². The minimum Gasteiger partial charge on any atom is -0.300 e. The molecule has 0 bridgehead atoms. The molecule has 23 heavy (non-hydrogen) atoms. The van der Waals surface area contributed by atoms with Crippen molar-refractivity contribution in [3.05, 3.63) is 102 Å². The summed E-state index contributed by atoms with van der Waals surface area (Å²) >= 11 is 0. The fraction of sp³-hybridized carbons (Fsp3) is 0.0455. The number of fused-ring (bicyclic) bond motifs is 1. The first-order valence-corrected chi connectivity index (χ1v) is 7.87. The molecule has 3 aromatic carbocycles. The Morgan fingerprint density at radius 2 is 1.61 bits per heavy atom. The van der Waals surface area contributed by atoms with E-state index in [2.05, 4.69) is 48.6 Å². The van der Waals surface area contributed by atoms with Crippen molar-refractivity contribution < 1.29 is 0 Å². The maximum absolute atomic E-state index is 8.81. The monoisotopic (exact) mass is 295 g/mol. The molecule has 1 nitrogen and oxygen atoms in total. The highest BCUT2D eigenvalue weighted by molar-refractivity contribution is 6.20. The quantitative estimate of drug-likeness (QED) is 0.608. The molecule has 0 heterocycles. The largest absolute Gasteiger partial charge is 0.300 e. The van der Waals surface area contributed by atoms with Gasteiger partial charge in [0.15, 0.2) is 0 Å². The van der Waals surface area contributed by atoms with E-state index < -0.39 is 0 Å². The molecule has 0 unspecified atom stereocenters. The van der Waals surface area contributed by atoms with E-state index in [0.717, 1.165) is 22.9 Å². The average Bonchev–Trinajstić information content (AvgIpc) is 3.15. The summed E-state index contributed by atoms with van der Waals surface area (Å²) in [6.45, 7) is 0. The summed E-state index contributed by atoms with van der Waals surface area (Å²) in [7, 11) is 0. The van der Waals surface area contributed by atoms with Crippen LogP contribution in [0, 0.1) is 5.41 Å². The van der Waals surface area contributed by atoms with E-state index >= 15 is 0 Å². The lowest BCUT2D eigenvalue weighted by Crippen LogP contribution is -2.06. The van der Waals surface area contributed by atoms with Crippen LogP contribution in [0.2, 0.25) is 0 Å². The van der Waals surface area contributed by atoms with Gasteiger partial charge in [-0.25, -0.2) is 0 Å². The van der Waals surface area contributed by atoms with Crippen molar-refractivity contribution in [2.75, 3.05) is 0 Å². The van der Waals surface area contributed by atoms with Gasteiger partial charge in [0.25, 0.3) is 0 Å². The third-order valence-electron chi connectivity index (χ3n) is 4.36. The van der Waals surface area contributed by atoms with Crippen molar-refractivity contribution >= 4 is 22.1 Å². The predicted molar refractivity (Wildman–Crippen MR) is 98.1 cm³/mol. The van der Waals surface area contributed by atoms with E-state index in [4.69, 9.17) is 5.41 Å². The van der Waals surface area contributed by atoms with Gasteiger partial charge in [-0.15, -0.1) is 0 Å². The van der Waals surface area contributed by atoms with Crippen LogP contribution >= 0.6 is 0 Å². The number of hydrogen-bond acceptors (Lipinski definition) is 1. The molecule has 0 aliphatic heterocycles. The van der Waals surface area contributed by atoms with E-state index in [9.17, 15) is 0 Å². The Balaban J connectivity index is 1.98. The Bertz CT molecular complexity index is 946. The Labute approximate surface area is 136 Å². The van der Waals surface area contributed by atoms with Crippen LogP contribution in [0.25, 0.3) is 16.3 Å². The molecular formula is C22H17N. The molecule has 1 aliphatic carbocycles. The Kier molecular flexibility index (Phi) is 3.39. The molecule has 0 saturated heterocycles. The summed E-state index contributed by atoms with van der Waals surface area (Å²) in [5.41, 5.74) is 5.03. The molecule has 0 radical (unpaired) electrons. The molecule has 0 fully saturated rings. The summed E-state index contributed by atoms with van der Waals surface area (Å²) < 4.78 is 0. The number of rotatable bonds is 3. The molecule has 1 N–H and O–H groups in total. The second kappa shape index (κ2) is 5.69. The molecule has 0 saturated carbocycles. The van der Waals surface area contributed by atoms with Crippen LogP contribution in [0.15, 0.2) is 85.0 Å². The lowest BCUT2D eigenvalue weighted by Gasteiger charge is -2.15. The minimum absolute atomic E-state index is 0.588. The summed E-state index contributed by atoms with van der Waals surface area (Å²) in [5, 5.41) is 11.1. The van der Waals surface area contributed by atoms with Crippen molar-refractivity contribution in [2.45, 2.75) is 6.42 Å². The van der Waals surface area contributed by atoms with Gasteiger partial charge in [-0.3, -0.25) is 5.41 Å². The predicted octanol–water partition coefficient (Wildman–Crippen LogP) is 5.60. The van der Waals surface area contributed by atoms with Crippen molar-refractivity contribution in [3.8, 4) is 0 Å². The molecule has 0 aromatic heterocycles. The van der Waals surface area contributed by atoms with Crippen molar-refractivity contribution in [1.82, 2.24) is 0 Å². The Morgan fingerprint density at radius 3 is 2.39 bits per heavy atom. The average molecular weight is 295 g/mol. The summed E-state index contributed by atoms with van der Waals surface area (Å²) in [6, 6.07) is 22.6. The van der Waals surface area contributed by atoms with E-state index in [0.29, 0.717) is 5.71 Å². The van der Waals surface area contributed by atoms with Gasteiger partial charge in [0, 0.05) is 11.1 Å². The van der Waals surface area contributed by atoms with Gasteiger partial charge in [0.05, 0.1) is 5.71 Å². The van der Waals surface area contributed by atoms with E-state index in [1.165, 1.54) is 16.5 Å². The molecule has 0 atom stereocenters. The second-order valence-corrected chi connectivity index (χ2v) is 5.77. The van der Waals surface area contributed by atoms with Crippen LogP contribution in [-0.2, 0) is 0 Å². The van der Waals surface area contributed by atoms with Crippen LogP contribution in [0.5, 0.6) is 0 Å². The SMILES string of the molecule is N=C(c1ccccc1)c1c(C2=CC=CC2)ccc2ccccc12. The van der Waals surface area contributed by atoms with Crippen LogP contribution in [0.4, 0.5) is 0 Å². The van der Waals surface area contributed by atoms with Crippen LogP contribution < -0.4 is 0 Å². The summed E-state index contributed by atoms with van der Waals surface area (Å²) in [6.07, 6.45) is 7.36. The normalized spacial score (nSPS) is 13.3. The lowest BCUT2D eigenvalue weighted by molar-refractivity contribution is 1.41. The summed E-state index contributed by atoms with van der Waals surface area (Å²) in [4.78, 5) is 0. The van der Waals surface area contributed by atoms with E-state index in [-0.39, 0.29) is 0 Å². The van der Waals surface area contributed by atoms with Gasteiger partial charge in [-0.2, -0.15) is 0 Å². The highest BCUT2D eigenvalue weighted by Crippen LogP contribution is 2.32. The zero-order valence-electron chi connectivity index (χ0n) is 12.8. The van der Waals surface area contributed by atoms with Gasteiger partial charge in [-0.05, 0) is 28.3 Å². The summed E-state index contributed by atoms with van der Waals surface area (Å²) in [5.74, 6) is 0. The fourth-order valence-corrected chi connectivity index (χ4v) is 3.20. The van der Waals surface area contributed by atoms with E-state index in [1.54, 1.807) is 0 Å². The molecule has 4 rings (SSSR count). The molecule has 1 heteroatoms. The number of allylic oxidation sites excluding steroid dienone is 4. The number of nitrogens with one attached hydrogen (secondary N) is 1. The Hall–Kier alpha value is -2.93. The zero-order valence-corrected chi connectivity index (χ0v) is 12.8. The maximum atomic E-state index is 8.81. The molecule has 0 spiro atoms. The Morgan fingerprint density at radius 1 is 0.826 bits per heavy atom. The minimum atomic E-state index is 0.588. The highest BCUT2D eigenvalue weighted by atomic mass is 14.4. The molecule has 0 amide bonds. The van der Waals surface area contributed by atoms with Crippen molar-refractivity contribution in [1.29, 1.82) is 5.41 Å². The molecule has 110 valence electrons. The smallest absolute Gasteiger partial charge is 0.0696 e. The van der Waals surface area contributed by atoms with Gasteiger partial charge in [-0.1, -0.05) is 85.0 Å². The first-order valence-electron chi connectivity index (χ1n) is 7.87. The lowest BCUT2D eigenvalue weighted by atomic mass is 9.88. The third-order valence-corrected chi connectivity index (χ3v) is 4.36. The maximum Gasteiger partial charge on any atom is 0.0696 e. The van der Waals surface area contributed by atoms with Crippen molar-refractivity contribution in [3.63, 3.8) is 0 Å². The van der Waals surface area contributed by atoms with Gasteiger partial charge < -0.3 is 0 Å². The fourth-order valence-electron chi connectivity index (χ4n) is 3.20. The van der Waals surface area contributed by atoms with Gasteiger partial charge in [0.1, 0.15) is 0 Å². The van der Waals surface area contributed by atoms with Crippen LogP contribution in [0.3, 0.4) is 0 Å². The third kappa shape index (κ3) is 2.40. The molecular weight excluding hydrogens is 278 g/mol. The first kappa shape index (κ1) is 13.7. The molecule has 3 aromatic rings. The van der Waals surface area contributed by atoms with Gasteiger partial charge >= 0.3 is 0 Å². The van der Waals surface area contributed by atoms with Gasteiger partial charge in [0.2, 0.25) is 0 Å². The molecule has 1 aliphatic rings. The standard InChI is InChI=1S/C22H17N/c23-22(18-11-2-1-3-12-18)21-19-13-7-6-10-17(19)14-15-20(21)16-8-4-5-9-16/h1-8,10-15,23H,9H2. The number of hydrogen-bond donors (Lipinski definition) is 1.